The van der Waals surface area contributed by atoms with Gasteiger partial charge >= 0.3 is 5.97 Å². The maximum absolute atomic E-state index is 12.1. The molecule has 0 radical (unpaired) electrons. The first-order valence-corrected chi connectivity index (χ1v) is 9.04. The van der Waals surface area contributed by atoms with E-state index < -0.39 is 9.84 Å². The van der Waals surface area contributed by atoms with Crippen LogP contribution in [0.4, 0.5) is 0 Å². The molecule has 0 N–H and O–H groups in total. The summed E-state index contributed by atoms with van der Waals surface area (Å²) < 4.78 is 29.7. The van der Waals surface area contributed by atoms with Crippen LogP contribution in [0.5, 0.6) is 0 Å². The Morgan fingerprint density at radius 3 is 2.65 bits per heavy atom. The number of ether oxygens (including phenoxy) is 1. The summed E-state index contributed by atoms with van der Waals surface area (Å²) in [5.74, 6) is -0.117. The van der Waals surface area contributed by atoms with Gasteiger partial charge in [0.2, 0.25) is 0 Å². The average molecular weight is 363 g/mol. The molecule has 6 heteroatoms. The number of hydrogen-bond acceptors (Lipinski definition) is 4. The van der Waals surface area contributed by atoms with Crippen LogP contribution < -0.4 is 0 Å². The van der Waals surface area contributed by atoms with Gasteiger partial charge in [-0.1, -0.05) is 28.4 Å². The fraction of sp³-hybridized carbons (Fsp3) is 0.500. The number of halogens is 1. The van der Waals surface area contributed by atoms with Crippen molar-refractivity contribution in [2.24, 2.45) is 0 Å². The minimum absolute atomic E-state index is 0.103. The van der Waals surface area contributed by atoms with Gasteiger partial charge in [0, 0.05) is 10.9 Å². The van der Waals surface area contributed by atoms with Crippen LogP contribution in [0.3, 0.4) is 0 Å². The first kappa shape index (κ1) is 17.2. The predicted molar refractivity (Wildman–Crippen MR) is 81.3 cm³/mol. The van der Waals surface area contributed by atoms with Gasteiger partial charge in [-0.3, -0.25) is 4.79 Å². The van der Waals surface area contributed by atoms with Gasteiger partial charge in [0.05, 0.1) is 17.3 Å². The molecular formula is C14H19BrO4S. The smallest absolute Gasteiger partial charge is 0.305 e. The Labute approximate surface area is 128 Å². The number of rotatable bonds is 8. The van der Waals surface area contributed by atoms with Gasteiger partial charge in [0.15, 0.2) is 9.84 Å². The Bertz CT molecular complexity index is 540. The molecule has 0 saturated heterocycles. The number of carbonyl (C=O) groups excluding carboxylic acids is 1. The van der Waals surface area contributed by atoms with Gasteiger partial charge in [-0.2, -0.15) is 0 Å². The van der Waals surface area contributed by atoms with Crippen molar-refractivity contribution in [1.29, 1.82) is 0 Å². The van der Waals surface area contributed by atoms with Crippen LogP contribution in [0.25, 0.3) is 0 Å². The lowest BCUT2D eigenvalue weighted by molar-refractivity contribution is -0.143. The molecule has 1 aromatic rings. The molecule has 1 aromatic carbocycles. The lowest BCUT2D eigenvalue weighted by atomic mass is 10.2. The Morgan fingerprint density at radius 1 is 1.25 bits per heavy atom. The number of esters is 1. The normalized spacial score (nSPS) is 11.3. The largest absolute Gasteiger partial charge is 0.466 e. The summed E-state index contributed by atoms with van der Waals surface area (Å²) >= 11 is 3.26. The van der Waals surface area contributed by atoms with E-state index in [1.807, 2.05) is 0 Å². The average Bonchev–Trinajstić information content (AvgIpc) is 2.38. The van der Waals surface area contributed by atoms with Crippen molar-refractivity contribution in [2.75, 3.05) is 12.4 Å². The second-order valence-corrected chi connectivity index (χ2v) is 7.42. The molecule has 20 heavy (non-hydrogen) atoms. The van der Waals surface area contributed by atoms with E-state index in [0.717, 1.165) is 4.47 Å². The molecule has 0 aliphatic heterocycles. The molecule has 0 aliphatic carbocycles. The topological polar surface area (TPSA) is 60.4 Å². The molecular weight excluding hydrogens is 344 g/mol. The first-order chi connectivity index (χ1) is 9.45. The molecule has 0 unspecified atom stereocenters. The maximum atomic E-state index is 12.1. The Hall–Kier alpha value is -0.880. The molecule has 0 bridgehead atoms. The molecule has 0 atom stereocenters. The Balaban J connectivity index is 2.36. The second kappa shape index (κ2) is 8.42. The molecule has 0 spiro atoms. The van der Waals surface area contributed by atoms with Gasteiger partial charge in [0.25, 0.3) is 0 Å². The van der Waals surface area contributed by atoms with Crippen molar-refractivity contribution in [1.82, 2.24) is 0 Å². The number of unbranched alkanes of at least 4 members (excludes halogenated alkanes) is 2. The van der Waals surface area contributed by atoms with Crippen molar-refractivity contribution in [3.63, 3.8) is 0 Å². The monoisotopic (exact) mass is 362 g/mol. The van der Waals surface area contributed by atoms with E-state index >= 15 is 0 Å². The molecule has 0 heterocycles. The van der Waals surface area contributed by atoms with Crippen LogP contribution in [0.2, 0.25) is 0 Å². The van der Waals surface area contributed by atoms with Gasteiger partial charge in [0.1, 0.15) is 0 Å². The van der Waals surface area contributed by atoms with E-state index in [1.54, 1.807) is 31.2 Å². The van der Waals surface area contributed by atoms with Gasteiger partial charge < -0.3 is 4.74 Å². The van der Waals surface area contributed by atoms with E-state index in [2.05, 4.69) is 15.9 Å². The summed E-state index contributed by atoms with van der Waals surface area (Å²) in [4.78, 5) is 11.4. The molecule has 112 valence electrons. The van der Waals surface area contributed by atoms with Gasteiger partial charge in [-0.25, -0.2) is 8.42 Å². The standard InChI is InChI=1S/C14H19BrO4S/c1-2-19-14(16)9-4-3-5-10-20(17,18)13-8-6-7-12(15)11-13/h6-8,11H,2-5,9-10H2,1H3. The highest BCUT2D eigenvalue weighted by Crippen LogP contribution is 2.18. The van der Waals surface area contributed by atoms with Crippen molar-refractivity contribution in [2.45, 2.75) is 37.5 Å². The maximum Gasteiger partial charge on any atom is 0.305 e. The number of carbonyl (C=O) groups is 1. The number of benzene rings is 1. The highest BCUT2D eigenvalue weighted by molar-refractivity contribution is 9.10. The quantitative estimate of drug-likeness (QED) is 0.525. The zero-order valence-electron chi connectivity index (χ0n) is 11.5. The molecule has 0 aliphatic rings. The van der Waals surface area contributed by atoms with Crippen molar-refractivity contribution in [3.8, 4) is 0 Å². The van der Waals surface area contributed by atoms with Crippen molar-refractivity contribution in [3.05, 3.63) is 28.7 Å². The molecule has 1 rings (SSSR count). The number of hydrogen-bond donors (Lipinski definition) is 0. The summed E-state index contributed by atoms with van der Waals surface area (Å²) in [5.41, 5.74) is 0. The summed E-state index contributed by atoms with van der Waals surface area (Å²) in [6.45, 7) is 2.15. The van der Waals surface area contributed by atoms with Crippen molar-refractivity contribution >= 4 is 31.7 Å². The molecule has 0 amide bonds. The van der Waals surface area contributed by atoms with Crippen LogP contribution in [0.1, 0.15) is 32.6 Å². The van der Waals surface area contributed by atoms with E-state index in [-0.39, 0.29) is 11.7 Å². The molecule has 4 nitrogen and oxygen atoms in total. The summed E-state index contributed by atoms with van der Waals surface area (Å²) in [6.07, 6.45) is 2.26. The second-order valence-electron chi connectivity index (χ2n) is 4.39. The molecule has 0 aromatic heterocycles. The van der Waals surface area contributed by atoms with Gasteiger partial charge in [-0.05, 0) is 38.0 Å². The Morgan fingerprint density at radius 2 is 2.00 bits per heavy atom. The van der Waals surface area contributed by atoms with E-state index in [1.165, 1.54) is 0 Å². The number of sulfone groups is 1. The highest BCUT2D eigenvalue weighted by atomic mass is 79.9. The zero-order chi connectivity index (χ0) is 15.0. The van der Waals surface area contributed by atoms with Crippen LogP contribution in [-0.4, -0.2) is 26.7 Å². The first-order valence-electron chi connectivity index (χ1n) is 6.59. The summed E-state index contributed by atoms with van der Waals surface area (Å²) in [5, 5.41) is 0. The fourth-order valence-corrected chi connectivity index (χ4v) is 3.71. The lowest BCUT2D eigenvalue weighted by Gasteiger charge is -2.05. The van der Waals surface area contributed by atoms with Crippen LogP contribution in [0.15, 0.2) is 33.6 Å². The van der Waals surface area contributed by atoms with E-state index in [9.17, 15) is 13.2 Å². The third kappa shape index (κ3) is 6.05. The van der Waals surface area contributed by atoms with Crippen LogP contribution >= 0.6 is 15.9 Å². The lowest BCUT2D eigenvalue weighted by Crippen LogP contribution is -2.07. The SMILES string of the molecule is CCOC(=O)CCCCCS(=O)(=O)c1cccc(Br)c1. The summed E-state index contributed by atoms with van der Waals surface area (Å²) in [6, 6.07) is 6.70. The zero-order valence-corrected chi connectivity index (χ0v) is 13.9. The third-order valence-electron chi connectivity index (χ3n) is 2.75. The predicted octanol–water partition coefficient (Wildman–Crippen LogP) is 3.35. The van der Waals surface area contributed by atoms with Gasteiger partial charge in [-0.15, -0.1) is 0 Å². The minimum Gasteiger partial charge on any atom is -0.466 e. The molecule has 0 saturated carbocycles. The van der Waals surface area contributed by atoms with Crippen molar-refractivity contribution < 1.29 is 17.9 Å². The minimum atomic E-state index is -3.24. The van der Waals surface area contributed by atoms with E-state index in [4.69, 9.17) is 4.74 Å². The third-order valence-corrected chi connectivity index (χ3v) is 5.05. The van der Waals surface area contributed by atoms with E-state index in [0.29, 0.717) is 37.2 Å². The highest BCUT2D eigenvalue weighted by Gasteiger charge is 2.14. The van der Waals surface area contributed by atoms with Crippen LogP contribution in [0, 0.1) is 0 Å². The molecule has 0 fully saturated rings. The Kier molecular flexibility index (Phi) is 7.23. The van der Waals surface area contributed by atoms with Crippen LogP contribution in [-0.2, 0) is 19.4 Å². The summed E-state index contributed by atoms with van der Waals surface area (Å²) in [7, 11) is -3.24. The fourth-order valence-electron chi connectivity index (χ4n) is 1.75.